The summed E-state index contributed by atoms with van der Waals surface area (Å²) in [5, 5.41) is 7.14. The van der Waals surface area contributed by atoms with Gasteiger partial charge in [-0.2, -0.15) is 4.98 Å². The van der Waals surface area contributed by atoms with Crippen molar-refractivity contribution in [1.29, 1.82) is 0 Å². The van der Waals surface area contributed by atoms with Crippen molar-refractivity contribution in [2.45, 2.75) is 32.2 Å². The zero-order chi connectivity index (χ0) is 14.7. The molecule has 0 radical (unpaired) electrons. The first kappa shape index (κ1) is 15.1. The Kier molecular flexibility index (Phi) is 4.88. The van der Waals surface area contributed by atoms with Crippen LogP contribution in [0.4, 0.5) is 4.39 Å². The van der Waals surface area contributed by atoms with E-state index in [-0.39, 0.29) is 17.8 Å². The third-order valence-corrected chi connectivity index (χ3v) is 3.84. The minimum atomic E-state index is -0.337. The van der Waals surface area contributed by atoms with Crippen molar-refractivity contribution in [2.75, 3.05) is 7.05 Å². The normalized spacial score (nSPS) is 14.2. The fraction of sp³-hybridized carbons (Fsp3) is 0.429. The maximum Gasteiger partial charge on any atom is 0.231 e. The average Bonchev–Trinajstić information content (AvgIpc) is 2.87. The zero-order valence-electron chi connectivity index (χ0n) is 11.7. The van der Waals surface area contributed by atoms with Gasteiger partial charge in [0.05, 0.1) is 5.92 Å². The molecule has 4 nitrogen and oxygen atoms in total. The highest BCUT2D eigenvalue weighted by Gasteiger charge is 2.23. The van der Waals surface area contributed by atoms with Gasteiger partial charge in [0, 0.05) is 16.1 Å². The lowest BCUT2D eigenvalue weighted by molar-refractivity contribution is 0.322. The highest BCUT2D eigenvalue weighted by atomic mass is 79.9. The van der Waals surface area contributed by atoms with E-state index in [4.69, 9.17) is 4.52 Å². The van der Waals surface area contributed by atoms with Gasteiger partial charge in [0.15, 0.2) is 0 Å². The van der Waals surface area contributed by atoms with Crippen molar-refractivity contribution < 1.29 is 8.91 Å². The van der Waals surface area contributed by atoms with Crippen molar-refractivity contribution in [2.24, 2.45) is 0 Å². The van der Waals surface area contributed by atoms with Crippen LogP contribution >= 0.6 is 15.9 Å². The molecular formula is C14H17BrFN3O. The second-order valence-electron chi connectivity index (χ2n) is 4.71. The molecule has 0 fully saturated rings. The monoisotopic (exact) mass is 341 g/mol. The molecule has 2 atom stereocenters. The molecule has 20 heavy (non-hydrogen) atoms. The van der Waals surface area contributed by atoms with Crippen LogP contribution in [-0.4, -0.2) is 23.2 Å². The molecule has 1 aromatic heterocycles. The smallest absolute Gasteiger partial charge is 0.231 e. The van der Waals surface area contributed by atoms with Crippen LogP contribution in [0.5, 0.6) is 0 Å². The SMILES string of the molecule is CCC(c1nc(-c2cc(F)cc(Br)c2)no1)C(C)NC. The van der Waals surface area contributed by atoms with E-state index in [1.807, 2.05) is 7.05 Å². The molecule has 2 unspecified atom stereocenters. The van der Waals surface area contributed by atoms with Crippen LogP contribution in [0.25, 0.3) is 11.4 Å². The lowest BCUT2D eigenvalue weighted by Crippen LogP contribution is -2.28. The third kappa shape index (κ3) is 3.24. The molecule has 0 saturated carbocycles. The average molecular weight is 342 g/mol. The Balaban J connectivity index is 2.32. The summed E-state index contributed by atoms with van der Waals surface area (Å²) in [6, 6.07) is 4.78. The van der Waals surface area contributed by atoms with Crippen molar-refractivity contribution in [3.63, 3.8) is 0 Å². The van der Waals surface area contributed by atoms with Crippen LogP contribution in [0.15, 0.2) is 27.2 Å². The van der Waals surface area contributed by atoms with Gasteiger partial charge in [-0.3, -0.25) is 0 Å². The Morgan fingerprint density at radius 3 is 2.75 bits per heavy atom. The van der Waals surface area contributed by atoms with Gasteiger partial charge in [-0.25, -0.2) is 4.39 Å². The molecule has 1 aromatic carbocycles. The minimum absolute atomic E-state index is 0.137. The molecule has 0 aliphatic heterocycles. The molecule has 2 rings (SSSR count). The summed E-state index contributed by atoms with van der Waals surface area (Å²) in [4.78, 5) is 4.40. The standard InChI is InChI=1S/C14H17BrFN3O/c1-4-12(8(2)17-3)14-18-13(19-20-14)9-5-10(15)7-11(16)6-9/h5-8,12,17H,4H2,1-3H3. The quantitative estimate of drug-likeness (QED) is 0.899. The summed E-state index contributed by atoms with van der Waals surface area (Å²) in [6.45, 7) is 4.14. The zero-order valence-corrected chi connectivity index (χ0v) is 13.2. The van der Waals surface area contributed by atoms with Gasteiger partial charge < -0.3 is 9.84 Å². The summed E-state index contributed by atoms with van der Waals surface area (Å²) in [7, 11) is 1.90. The number of halogens is 2. The number of nitrogens with zero attached hydrogens (tertiary/aromatic N) is 2. The van der Waals surface area contributed by atoms with E-state index in [2.05, 4.69) is 45.2 Å². The summed E-state index contributed by atoms with van der Waals surface area (Å²) in [5.41, 5.74) is 0.596. The number of hydrogen-bond donors (Lipinski definition) is 1. The van der Waals surface area contributed by atoms with Crippen LogP contribution in [0, 0.1) is 5.82 Å². The van der Waals surface area contributed by atoms with Gasteiger partial charge in [-0.05, 0) is 38.6 Å². The fourth-order valence-electron chi connectivity index (χ4n) is 2.13. The van der Waals surface area contributed by atoms with E-state index in [1.165, 1.54) is 12.1 Å². The van der Waals surface area contributed by atoms with Gasteiger partial charge in [-0.1, -0.05) is 28.0 Å². The molecule has 0 bridgehead atoms. The van der Waals surface area contributed by atoms with E-state index in [9.17, 15) is 4.39 Å². The van der Waals surface area contributed by atoms with Crippen molar-refractivity contribution in [3.05, 3.63) is 34.4 Å². The molecule has 6 heteroatoms. The first-order chi connectivity index (χ1) is 9.55. The van der Waals surface area contributed by atoms with Crippen molar-refractivity contribution in [3.8, 4) is 11.4 Å². The second-order valence-corrected chi connectivity index (χ2v) is 5.62. The van der Waals surface area contributed by atoms with Gasteiger partial charge >= 0.3 is 0 Å². The minimum Gasteiger partial charge on any atom is -0.339 e. The highest BCUT2D eigenvalue weighted by Crippen LogP contribution is 2.26. The van der Waals surface area contributed by atoms with E-state index in [0.29, 0.717) is 21.8 Å². The molecule has 1 N–H and O–H groups in total. The molecule has 108 valence electrons. The van der Waals surface area contributed by atoms with Gasteiger partial charge in [0.2, 0.25) is 11.7 Å². The maximum absolute atomic E-state index is 13.4. The molecule has 0 spiro atoms. The highest BCUT2D eigenvalue weighted by molar-refractivity contribution is 9.10. The fourth-order valence-corrected chi connectivity index (χ4v) is 2.59. The van der Waals surface area contributed by atoms with Crippen LogP contribution in [0.2, 0.25) is 0 Å². The first-order valence-corrected chi connectivity index (χ1v) is 7.31. The molecule has 2 aromatic rings. The van der Waals surface area contributed by atoms with Gasteiger partial charge in [0.1, 0.15) is 5.82 Å². The number of hydrogen-bond acceptors (Lipinski definition) is 4. The Hall–Kier alpha value is -1.27. The maximum atomic E-state index is 13.4. The van der Waals surface area contributed by atoms with Crippen LogP contribution in [-0.2, 0) is 0 Å². The molecule has 0 aliphatic rings. The number of benzene rings is 1. The predicted molar refractivity (Wildman–Crippen MR) is 78.9 cm³/mol. The number of aromatic nitrogens is 2. The van der Waals surface area contributed by atoms with Crippen molar-refractivity contribution >= 4 is 15.9 Å². The molecule has 0 saturated heterocycles. The third-order valence-electron chi connectivity index (χ3n) is 3.38. The van der Waals surface area contributed by atoms with Crippen LogP contribution in [0.1, 0.15) is 32.1 Å². The van der Waals surface area contributed by atoms with Gasteiger partial charge in [0.25, 0.3) is 0 Å². The van der Waals surface area contributed by atoms with Gasteiger partial charge in [-0.15, -0.1) is 0 Å². The van der Waals surface area contributed by atoms with Crippen LogP contribution < -0.4 is 5.32 Å². The topological polar surface area (TPSA) is 51.0 Å². The van der Waals surface area contributed by atoms with E-state index >= 15 is 0 Å². The molecule has 1 heterocycles. The number of rotatable bonds is 5. The largest absolute Gasteiger partial charge is 0.339 e. The molecule has 0 aliphatic carbocycles. The van der Waals surface area contributed by atoms with Crippen molar-refractivity contribution in [1.82, 2.24) is 15.5 Å². The Labute approximate surface area is 125 Å². The lowest BCUT2D eigenvalue weighted by Gasteiger charge is -2.17. The number of nitrogens with one attached hydrogen (secondary N) is 1. The summed E-state index contributed by atoms with van der Waals surface area (Å²) >= 11 is 3.26. The lowest BCUT2D eigenvalue weighted by atomic mass is 9.98. The summed E-state index contributed by atoms with van der Waals surface area (Å²) in [6.07, 6.45) is 0.885. The first-order valence-electron chi connectivity index (χ1n) is 6.52. The molecule has 0 amide bonds. The predicted octanol–water partition coefficient (Wildman–Crippen LogP) is 3.74. The summed E-state index contributed by atoms with van der Waals surface area (Å²) < 4.78 is 19.4. The Morgan fingerprint density at radius 2 is 2.15 bits per heavy atom. The Bertz CT molecular complexity index is 567. The van der Waals surface area contributed by atoms with E-state index < -0.39 is 0 Å². The Morgan fingerprint density at radius 1 is 1.40 bits per heavy atom. The van der Waals surface area contributed by atoms with E-state index in [0.717, 1.165) is 6.42 Å². The summed E-state index contributed by atoms with van der Waals surface area (Å²) in [5.74, 6) is 0.779. The molecular weight excluding hydrogens is 325 g/mol. The van der Waals surface area contributed by atoms with E-state index in [1.54, 1.807) is 6.07 Å². The number of likely N-dealkylation sites (N-methyl/N-ethyl adjacent to an activating group) is 1. The second kappa shape index (κ2) is 6.45. The van der Waals surface area contributed by atoms with Crippen LogP contribution in [0.3, 0.4) is 0 Å².